The summed E-state index contributed by atoms with van der Waals surface area (Å²) < 4.78 is 6.17. The van der Waals surface area contributed by atoms with Gasteiger partial charge in [0.1, 0.15) is 0 Å². The monoisotopic (exact) mass is 277 g/mol. The van der Waals surface area contributed by atoms with E-state index in [1.807, 2.05) is 0 Å². The Morgan fingerprint density at radius 3 is 2.35 bits per heavy atom. The molecule has 0 amide bonds. The van der Waals surface area contributed by atoms with E-state index < -0.39 is 0 Å². The summed E-state index contributed by atoms with van der Waals surface area (Å²) in [7, 11) is 0. The Morgan fingerprint density at radius 1 is 1.15 bits per heavy atom. The molecule has 1 aromatic carbocycles. The van der Waals surface area contributed by atoms with E-state index in [1.54, 1.807) is 0 Å². The molecule has 0 bridgehead atoms. The van der Waals surface area contributed by atoms with Crippen molar-refractivity contribution in [3.63, 3.8) is 0 Å². The first-order valence-electron chi connectivity index (χ1n) is 7.70. The highest BCUT2D eigenvalue weighted by Gasteiger charge is 2.16. The van der Waals surface area contributed by atoms with Crippen molar-refractivity contribution < 1.29 is 4.74 Å². The Balaban J connectivity index is 2.68. The van der Waals surface area contributed by atoms with E-state index in [1.165, 1.54) is 11.1 Å². The SMILES string of the molecule is Cc1ccccc1C(CNC(C)C)OCCC(C)(C)C. The van der Waals surface area contributed by atoms with E-state index in [-0.39, 0.29) is 6.10 Å². The fourth-order valence-electron chi connectivity index (χ4n) is 2.06. The van der Waals surface area contributed by atoms with Crippen LogP contribution in [0.4, 0.5) is 0 Å². The molecule has 0 fully saturated rings. The summed E-state index contributed by atoms with van der Waals surface area (Å²) in [4.78, 5) is 0. The van der Waals surface area contributed by atoms with Crippen LogP contribution in [0.2, 0.25) is 0 Å². The Hall–Kier alpha value is -0.860. The van der Waals surface area contributed by atoms with Crippen molar-refractivity contribution in [1.29, 1.82) is 0 Å². The lowest BCUT2D eigenvalue weighted by atomic mass is 9.93. The Bertz CT molecular complexity index is 393. The number of rotatable bonds is 7. The third-order valence-corrected chi connectivity index (χ3v) is 3.42. The quantitative estimate of drug-likeness (QED) is 0.793. The minimum Gasteiger partial charge on any atom is -0.372 e. The van der Waals surface area contributed by atoms with Crippen LogP contribution in [0.5, 0.6) is 0 Å². The second kappa shape index (κ2) is 7.80. The molecule has 0 aromatic heterocycles. The first kappa shape index (κ1) is 17.2. The lowest BCUT2D eigenvalue weighted by molar-refractivity contribution is 0.0355. The van der Waals surface area contributed by atoms with Crippen molar-refractivity contribution in [2.75, 3.05) is 13.2 Å². The number of benzene rings is 1. The first-order valence-corrected chi connectivity index (χ1v) is 7.70. The standard InChI is InChI=1S/C18H31NO/c1-14(2)19-13-17(20-12-11-18(4,5)6)16-10-8-7-9-15(16)3/h7-10,14,17,19H,11-13H2,1-6H3. The van der Waals surface area contributed by atoms with Crippen LogP contribution >= 0.6 is 0 Å². The number of hydrogen-bond donors (Lipinski definition) is 1. The van der Waals surface area contributed by atoms with Gasteiger partial charge in [0.2, 0.25) is 0 Å². The number of aryl methyl sites for hydroxylation is 1. The Morgan fingerprint density at radius 2 is 1.80 bits per heavy atom. The smallest absolute Gasteiger partial charge is 0.0951 e. The minimum absolute atomic E-state index is 0.140. The van der Waals surface area contributed by atoms with E-state index >= 15 is 0 Å². The number of ether oxygens (including phenoxy) is 1. The molecule has 1 aromatic rings. The fraction of sp³-hybridized carbons (Fsp3) is 0.667. The van der Waals surface area contributed by atoms with Gasteiger partial charge in [-0.15, -0.1) is 0 Å². The maximum absolute atomic E-state index is 6.17. The maximum atomic E-state index is 6.17. The van der Waals surface area contributed by atoms with Crippen molar-refractivity contribution in [3.05, 3.63) is 35.4 Å². The second-order valence-corrected chi connectivity index (χ2v) is 7.09. The third-order valence-electron chi connectivity index (χ3n) is 3.42. The van der Waals surface area contributed by atoms with Gasteiger partial charge >= 0.3 is 0 Å². The highest BCUT2D eigenvalue weighted by Crippen LogP contribution is 2.24. The molecule has 2 nitrogen and oxygen atoms in total. The lowest BCUT2D eigenvalue weighted by Crippen LogP contribution is -2.30. The maximum Gasteiger partial charge on any atom is 0.0951 e. The van der Waals surface area contributed by atoms with Crippen molar-refractivity contribution >= 4 is 0 Å². The molecule has 0 spiro atoms. The number of hydrogen-bond acceptors (Lipinski definition) is 2. The van der Waals surface area contributed by atoms with E-state index in [4.69, 9.17) is 4.74 Å². The molecule has 1 atom stereocenters. The Kier molecular flexibility index (Phi) is 6.70. The van der Waals surface area contributed by atoms with Gasteiger partial charge in [0, 0.05) is 19.2 Å². The van der Waals surface area contributed by atoms with E-state index in [0.29, 0.717) is 11.5 Å². The molecule has 0 aliphatic carbocycles. The molecule has 2 heteroatoms. The summed E-state index contributed by atoms with van der Waals surface area (Å²) in [5, 5.41) is 3.49. The van der Waals surface area contributed by atoms with Crippen molar-refractivity contribution in [2.45, 2.75) is 60.1 Å². The van der Waals surface area contributed by atoms with Gasteiger partial charge in [0.05, 0.1) is 6.10 Å². The zero-order valence-electron chi connectivity index (χ0n) is 14.0. The van der Waals surface area contributed by atoms with Crippen LogP contribution in [0.3, 0.4) is 0 Å². The first-order chi connectivity index (χ1) is 9.29. The summed E-state index contributed by atoms with van der Waals surface area (Å²) in [5.74, 6) is 0. The summed E-state index contributed by atoms with van der Waals surface area (Å²) in [5.41, 5.74) is 2.93. The highest BCUT2D eigenvalue weighted by atomic mass is 16.5. The largest absolute Gasteiger partial charge is 0.372 e. The molecule has 0 radical (unpaired) electrons. The molecule has 1 unspecified atom stereocenters. The summed E-state index contributed by atoms with van der Waals surface area (Å²) in [6, 6.07) is 9.00. The molecule has 0 aliphatic rings. The minimum atomic E-state index is 0.140. The van der Waals surface area contributed by atoms with Crippen LogP contribution in [0.15, 0.2) is 24.3 Å². The topological polar surface area (TPSA) is 21.3 Å². The van der Waals surface area contributed by atoms with Crippen LogP contribution < -0.4 is 5.32 Å². The van der Waals surface area contributed by atoms with Crippen molar-refractivity contribution in [1.82, 2.24) is 5.32 Å². The van der Waals surface area contributed by atoms with Crippen LogP contribution in [-0.2, 0) is 4.74 Å². The summed E-state index contributed by atoms with van der Waals surface area (Å²) >= 11 is 0. The molecule has 0 saturated carbocycles. The van der Waals surface area contributed by atoms with Gasteiger partial charge in [0.25, 0.3) is 0 Å². The van der Waals surface area contributed by atoms with Crippen LogP contribution in [-0.4, -0.2) is 19.2 Å². The van der Waals surface area contributed by atoms with Gasteiger partial charge in [0.15, 0.2) is 0 Å². The van der Waals surface area contributed by atoms with Gasteiger partial charge in [-0.1, -0.05) is 58.9 Å². The predicted molar refractivity (Wildman–Crippen MR) is 87.1 cm³/mol. The zero-order chi connectivity index (χ0) is 15.2. The van der Waals surface area contributed by atoms with Crippen LogP contribution in [0, 0.1) is 12.3 Å². The zero-order valence-corrected chi connectivity index (χ0v) is 14.0. The van der Waals surface area contributed by atoms with Gasteiger partial charge in [-0.3, -0.25) is 0 Å². The van der Waals surface area contributed by atoms with E-state index in [2.05, 4.69) is 71.1 Å². The van der Waals surface area contributed by atoms with Crippen LogP contribution in [0.25, 0.3) is 0 Å². The molecule has 1 rings (SSSR count). The summed E-state index contributed by atoms with van der Waals surface area (Å²) in [6.07, 6.45) is 1.22. The van der Waals surface area contributed by atoms with E-state index in [0.717, 1.165) is 19.6 Å². The average molecular weight is 277 g/mol. The normalized spacial score (nSPS) is 13.8. The number of nitrogens with one attached hydrogen (secondary N) is 1. The van der Waals surface area contributed by atoms with Gasteiger partial charge in [-0.05, 0) is 29.9 Å². The summed E-state index contributed by atoms with van der Waals surface area (Å²) in [6.45, 7) is 14.9. The highest BCUT2D eigenvalue weighted by molar-refractivity contribution is 5.28. The molecular formula is C18H31NO. The van der Waals surface area contributed by atoms with Gasteiger partial charge in [-0.2, -0.15) is 0 Å². The molecule has 0 saturated heterocycles. The third kappa shape index (κ3) is 6.53. The molecule has 20 heavy (non-hydrogen) atoms. The second-order valence-electron chi connectivity index (χ2n) is 7.09. The predicted octanol–water partition coefficient (Wildman–Crippen LogP) is 4.49. The average Bonchev–Trinajstić information content (AvgIpc) is 2.33. The molecule has 0 aliphatic heterocycles. The van der Waals surface area contributed by atoms with Gasteiger partial charge < -0.3 is 10.1 Å². The van der Waals surface area contributed by atoms with Crippen LogP contribution in [0.1, 0.15) is 58.3 Å². The van der Waals surface area contributed by atoms with Crippen molar-refractivity contribution in [2.24, 2.45) is 5.41 Å². The molecular weight excluding hydrogens is 246 g/mol. The fourth-order valence-corrected chi connectivity index (χ4v) is 2.06. The molecule has 1 N–H and O–H groups in total. The van der Waals surface area contributed by atoms with E-state index in [9.17, 15) is 0 Å². The Labute approximate surface area is 124 Å². The lowest BCUT2D eigenvalue weighted by Gasteiger charge is -2.24. The molecule has 0 heterocycles. The van der Waals surface area contributed by atoms with Gasteiger partial charge in [-0.25, -0.2) is 0 Å². The van der Waals surface area contributed by atoms with Crippen molar-refractivity contribution in [3.8, 4) is 0 Å². The molecule has 114 valence electrons.